The molecule has 0 aromatic carbocycles. The Labute approximate surface area is 108 Å². The van der Waals surface area contributed by atoms with Gasteiger partial charge in [0.2, 0.25) is 11.8 Å². The van der Waals surface area contributed by atoms with E-state index in [1.54, 1.807) is 12.1 Å². The zero-order valence-corrected chi connectivity index (χ0v) is 11.4. The highest BCUT2D eigenvalue weighted by Crippen LogP contribution is 2.32. The van der Waals surface area contributed by atoms with E-state index in [2.05, 4.69) is 4.98 Å². The van der Waals surface area contributed by atoms with Gasteiger partial charge in [0.25, 0.3) is 0 Å². The maximum absolute atomic E-state index is 5.84. The van der Waals surface area contributed by atoms with Crippen LogP contribution in [0.25, 0.3) is 0 Å². The van der Waals surface area contributed by atoms with Crippen molar-refractivity contribution in [1.82, 2.24) is 4.98 Å². The van der Waals surface area contributed by atoms with Crippen LogP contribution in [0.4, 0.5) is 5.69 Å². The number of hydrogen-bond acceptors (Lipinski definition) is 4. The summed E-state index contributed by atoms with van der Waals surface area (Å²) in [5.41, 5.74) is 6.07. The molecule has 2 rings (SSSR count). The fourth-order valence-corrected chi connectivity index (χ4v) is 1.62. The maximum atomic E-state index is 5.84. The van der Waals surface area contributed by atoms with E-state index in [0.29, 0.717) is 17.4 Å². The van der Waals surface area contributed by atoms with Crippen LogP contribution in [-0.4, -0.2) is 17.2 Å². The SMILES string of the molecule is CC(C)(C)Oc1nc(OCCC2CC2)ccc1N. The summed E-state index contributed by atoms with van der Waals surface area (Å²) in [7, 11) is 0. The van der Waals surface area contributed by atoms with Crippen LogP contribution in [0.1, 0.15) is 40.0 Å². The molecule has 2 N–H and O–H groups in total. The first-order valence-electron chi connectivity index (χ1n) is 6.52. The number of nitrogen functional groups attached to an aromatic ring is 1. The Balaban J connectivity index is 1.95. The van der Waals surface area contributed by atoms with E-state index in [4.69, 9.17) is 15.2 Å². The van der Waals surface area contributed by atoms with Gasteiger partial charge in [-0.25, -0.2) is 0 Å². The summed E-state index contributed by atoms with van der Waals surface area (Å²) in [4.78, 5) is 4.31. The van der Waals surface area contributed by atoms with Crippen LogP contribution < -0.4 is 15.2 Å². The smallest absolute Gasteiger partial charge is 0.241 e. The molecule has 1 heterocycles. The van der Waals surface area contributed by atoms with Gasteiger partial charge in [0.1, 0.15) is 5.60 Å². The molecule has 1 aliphatic carbocycles. The lowest BCUT2D eigenvalue weighted by Gasteiger charge is -2.21. The lowest BCUT2D eigenvalue weighted by Crippen LogP contribution is -2.24. The Morgan fingerprint density at radius 1 is 1.33 bits per heavy atom. The van der Waals surface area contributed by atoms with Crippen molar-refractivity contribution < 1.29 is 9.47 Å². The molecule has 1 saturated carbocycles. The minimum absolute atomic E-state index is 0.312. The van der Waals surface area contributed by atoms with Crippen molar-refractivity contribution in [3.8, 4) is 11.8 Å². The number of ether oxygens (including phenoxy) is 2. The normalized spacial score (nSPS) is 15.5. The first-order valence-corrected chi connectivity index (χ1v) is 6.52. The van der Waals surface area contributed by atoms with Crippen LogP contribution in [0.3, 0.4) is 0 Å². The Hall–Kier alpha value is -1.45. The molecule has 100 valence electrons. The summed E-state index contributed by atoms with van der Waals surface area (Å²) in [6.07, 6.45) is 3.80. The number of nitrogens with two attached hydrogens (primary N) is 1. The highest BCUT2D eigenvalue weighted by atomic mass is 16.5. The van der Waals surface area contributed by atoms with Gasteiger partial charge in [-0.15, -0.1) is 0 Å². The topological polar surface area (TPSA) is 57.4 Å². The second-order valence-corrected chi connectivity index (χ2v) is 5.84. The summed E-state index contributed by atoms with van der Waals surface area (Å²) >= 11 is 0. The van der Waals surface area contributed by atoms with Crippen molar-refractivity contribution in [1.29, 1.82) is 0 Å². The second kappa shape index (κ2) is 5.04. The molecule has 4 heteroatoms. The third kappa shape index (κ3) is 4.09. The van der Waals surface area contributed by atoms with Crippen LogP contribution in [0.15, 0.2) is 12.1 Å². The standard InChI is InChI=1S/C14H22N2O2/c1-14(2,3)18-13-11(15)6-7-12(16-13)17-9-8-10-4-5-10/h6-7,10H,4-5,8-9,15H2,1-3H3. The number of anilines is 1. The number of rotatable bonds is 5. The van der Waals surface area contributed by atoms with Crippen molar-refractivity contribution in [3.05, 3.63) is 12.1 Å². The average Bonchev–Trinajstić information content (AvgIpc) is 3.05. The molecule has 4 nitrogen and oxygen atoms in total. The molecule has 0 unspecified atom stereocenters. The zero-order valence-electron chi connectivity index (χ0n) is 11.4. The molecule has 0 amide bonds. The molecule has 0 saturated heterocycles. The average molecular weight is 250 g/mol. The second-order valence-electron chi connectivity index (χ2n) is 5.84. The van der Waals surface area contributed by atoms with Gasteiger partial charge < -0.3 is 15.2 Å². The van der Waals surface area contributed by atoms with E-state index < -0.39 is 0 Å². The fraction of sp³-hybridized carbons (Fsp3) is 0.643. The van der Waals surface area contributed by atoms with Crippen molar-refractivity contribution >= 4 is 5.69 Å². The summed E-state index contributed by atoms with van der Waals surface area (Å²) in [6.45, 7) is 6.62. The molecule has 0 spiro atoms. The van der Waals surface area contributed by atoms with E-state index in [9.17, 15) is 0 Å². The number of aromatic nitrogens is 1. The molecular formula is C14H22N2O2. The highest BCUT2D eigenvalue weighted by molar-refractivity contribution is 5.49. The molecule has 0 radical (unpaired) electrons. The Morgan fingerprint density at radius 3 is 2.67 bits per heavy atom. The van der Waals surface area contributed by atoms with Gasteiger partial charge in [0, 0.05) is 6.07 Å². The van der Waals surface area contributed by atoms with Crippen LogP contribution in [0, 0.1) is 5.92 Å². The highest BCUT2D eigenvalue weighted by Gasteiger charge is 2.21. The summed E-state index contributed by atoms with van der Waals surface area (Å²) in [5, 5.41) is 0. The van der Waals surface area contributed by atoms with Gasteiger partial charge in [-0.1, -0.05) is 12.8 Å². The van der Waals surface area contributed by atoms with E-state index in [1.165, 1.54) is 12.8 Å². The van der Waals surface area contributed by atoms with Gasteiger partial charge >= 0.3 is 0 Å². The van der Waals surface area contributed by atoms with Crippen LogP contribution in [0.2, 0.25) is 0 Å². The van der Waals surface area contributed by atoms with Gasteiger partial charge in [0.05, 0.1) is 12.3 Å². The minimum Gasteiger partial charge on any atom is -0.478 e. The van der Waals surface area contributed by atoms with E-state index >= 15 is 0 Å². The summed E-state index contributed by atoms with van der Waals surface area (Å²) < 4.78 is 11.3. The third-order valence-electron chi connectivity index (χ3n) is 2.74. The first kappa shape index (κ1) is 13.0. The molecule has 1 aromatic rings. The largest absolute Gasteiger partial charge is 0.478 e. The Bertz CT molecular complexity index is 409. The number of hydrogen-bond donors (Lipinski definition) is 1. The van der Waals surface area contributed by atoms with Gasteiger partial charge in [0.15, 0.2) is 0 Å². The molecule has 0 bridgehead atoms. The summed E-state index contributed by atoms with van der Waals surface area (Å²) in [6, 6.07) is 3.57. The maximum Gasteiger partial charge on any atom is 0.241 e. The van der Waals surface area contributed by atoms with Crippen molar-refractivity contribution in [2.45, 2.75) is 45.6 Å². The fourth-order valence-electron chi connectivity index (χ4n) is 1.62. The minimum atomic E-state index is -0.312. The van der Waals surface area contributed by atoms with E-state index in [-0.39, 0.29) is 5.60 Å². The molecule has 0 aliphatic heterocycles. The van der Waals surface area contributed by atoms with E-state index in [1.807, 2.05) is 20.8 Å². The predicted molar refractivity (Wildman–Crippen MR) is 71.9 cm³/mol. The quantitative estimate of drug-likeness (QED) is 0.872. The zero-order chi connectivity index (χ0) is 13.2. The Kier molecular flexibility index (Phi) is 3.64. The van der Waals surface area contributed by atoms with Crippen molar-refractivity contribution in [3.63, 3.8) is 0 Å². The molecule has 1 aromatic heterocycles. The Morgan fingerprint density at radius 2 is 2.06 bits per heavy atom. The lowest BCUT2D eigenvalue weighted by molar-refractivity contribution is 0.123. The number of pyridine rings is 1. The first-order chi connectivity index (χ1) is 8.44. The van der Waals surface area contributed by atoms with Crippen molar-refractivity contribution in [2.24, 2.45) is 5.92 Å². The van der Waals surface area contributed by atoms with Crippen LogP contribution in [0.5, 0.6) is 11.8 Å². The van der Waals surface area contributed by atoms with Gasteiger partial charge in [-0.2, -0.15) is 4.98 Å². The van der Waals surface area contributed by atoms with E-state index in [0.717, 1.165) is 18.9 Å². The number of nitrogens with zero attached hydrogens (tertiary/aromatic N) is 1. The summed E-state index contributed by atoms with van der Waals surface area (Å²) in [5.74, 6) is 1.90. The molecular weight excluding hydrogens is 228 g/mol. The molecule has 0 atom stereocenters. The van der Waals surface area contributed by atoms with Gasteiger partial charge in [-0.05, 0) is 39.2 Å². The van der Waals surface area contributed by atoms with Crippen molar-refractivity contribution in [2.75, 3.05) is 12.3 Å². The monoisotopic (exact) mass is 250 g/mol. The molecule has 18 heavy (non-hydrogen) atoms. The van der Waals surface area contributed by atoms with Crippen LogP contribution in [-0.2, 0) is 0 Å². The lowest BCUT2D eigenvalue weighted by atomic mass is 10.2. The predicted octanol–water partition coefficient (Wildman–Crippen LogP) is 3.02. The van der Waals surface area contributed by atoms with Gasteiger partial charge in [-0.3, -0.25) is 0 Å². The molecule has 1 fully saturated rings. The molecule has 1 aliphatic rings. The van der Waals surface area contributed by atoms with Crippen LogP contribution >= 0.6 is 0 Å². The third-order valence-corrected chi connectivity index (χ3v) is 2.74.